The zero-order chi connectivity index (χ0) is 14.9. The number of rotatable bonds is 3. The van der Waals surface area contributed by atoms with Crippen LogP contribution in [0.2, 0.25) is 0 Å². The van der Waals surface area contributed by atoms with E-state index in [4.69, 9.17) is 5.73 Å². The molecule has 0 aromatic heterocycles. The molecule has 1 unspecified atom stereocenters. The number of nitrogen functional groups attached to an aromatic ring is 1. The lowest BCUT2D eigenvalue weighted by Crippen LogP contribution is -2.48. The van der Waals surface area contributed by atoms with Crippen LogP contribution in [0, 0.1) is 0 Å². The van der Waals surface area contributed by atoms with Crippen LogP contribution in [0.1, 0.15) is 25.7 Å². The third-order valence-corrected chi connectivity index (χ3v) is 6.49. The van der Waals surface area contributed by atoms with Crippen molar-refractivity contribution in [3.63, 3.8) is 0 Å². The zero-order valence-corrected chi connectivity index (χ0v) is 13.1. The third kappa shape index (κ3) is 2.93. The molecule has 0 spiro atoms. The van der Waals surface area contributed by atoms with Crippen molar-refractivity contribution in [1.82, 2.24) is 9.21 Å². The summed E-state index contributed by atoms with van der Waals surface area (Å²) in [6.45, 7) is 3.40. The molecule has 0 saturated carbocycles. The Morgan fingerprint density at radius 3 is 2.48 bits per heavy atom. The molecule has 5 nitrogen and oxygen atoms in total. The average Bonchev–Trinajstić information content (AvgIpc) is 3.02. The summed E-state index contributed by atoms with van der Waals surface area (Å²) in [5.74, 6) is 0. The second-order valence-corrected chi connectivity index (χ2v) is 7.85. The minimum Gasteiger partial charge on any atom is -0.398 e. The lowest BCUT2D eigenvalue weighted by Gasteiger charge is -2.37. The van der Waals surface area contributed by atoms with Crippen LogP contribution in [-0.2, 0) is 10.0 Å². The maximum Gasteiger partial charge on any atom is 0.245 e. The second-order valence-electron chi connectivity index (χ2n) is 5.94. The van der Waals surface area contributed by atoms with Crippen LogP contribution >= 0.6 is 0 Å². The summed E-state index contributed by atoms with van der Waals surface area (Å²) in [4.78, 5) is 2.68. The monoisotopic (exact) mass is 309 g/mol. The number of para-hydroxylation sites is 1. The summed E-state index contributed by atoms with van der Waals surface area (Å²) in [7, 11) is -3.47. The van der Waals surface area contributed by atoms with E-state index in [1.807, 2.05) is 0 Å². The van der Waals surface area contributed by atoms with E-state index in [1.165, 1.54) is 12.8 Å². The smallest absolute Gasteiger partial charge is 0.245 e. The van der Waals surface area contributed by atoms with E-state index in [0.717, 1.165) is 25.9 Å². The van der Waals surface area contributed by atoms with Crippen molar-refractivity contribution in [3.8, 4) is 0 Å². The number of benzene rings is 1. The van der Waals surface area contributed by atoms with Crippen LogP contribution in [0.3, 0.4) is 0 Å². The van der Waals surface area contributed by atoms with Gasteiger partial charge in [-0.15, -0.1) is 0 Å². The minimum absolute atomic E-state index is 0.243. The molecule has 0 bridgehead atoms. The summed E-state index contributed by atoms with van der Waals surface area (Å²) in [6.07, 6.45) is 4.48. The first-order valence-corrected chi connectivity index (χ1v) is 9.12. The first kappa shape index (κ1) is 14.8. The molecular weight excluding hydrogens is 286 g/mol. The molecule has 1 atom stereocenters. The van der Waals surface area contributed by atoms with Crippen molar-refractivity contribution in [2.75, 3.05) is 31.9 Å². The summed E-state index contributed by atoms with van der Waals surface area (Å²) in [6, 6.07) is 7.10. The van der Waals surface area contributed by atoms with Gasteiger partial charge in [-0.1, -0.05) is 12.1 Å². The molecule has 0 radical (unpaired) electrons. The molecule has 0 amide bonds. The van der Waals surface area contributed by atoms with Gasteiger partial charge in [0.1, 0.15) is 4.90 Å². The molecule has 116 valence electrons. The zero-order valence-electron chi connectivity index (χ0n) is 12.2. The van der Waals surface area contributed by atoms with Gasteiger partial charge in [0.15, 0.2) is 0 Å². The average molecular weight is 309 g/mol. The molecule has 1 aromatic carbocycles. The summed E-state index contributed by atoms with van der Waals surface area (Å²) in [5, 5.41) is 0. The van der Waals surface area contributed by atoms with E-state index in [0.29, 0.717) is 24.8 Å². The van der Waals surface area contributed by atoms with Gasteiger partial charge in [-0.2, -0.15) is 4.31 Å². The lowest BCUT2D eigenvalue weighted by atomic mass is 10.1. The maximum atomic E-state index is 12.8. The van der Waals surface area contributed by atoms with E-state index in [1.54, 1.807) is 28.6 Å². The van der Waals surface area contributed by atoms with Gasteiger partial charge in [-0.3, -0.25) is 4.90 Å². The predicted octanol–water partition coefficient (Wildman–Crippen LogP) is 1.52. The Balaban J connectivity index is 1.80. The van der Waals surface area contributed by atoms with E-state index in [9.17, 15) is 8.42 Å². The number of likely N-dealkylation sites (tertiary alicyclic amines) is 1. The Labute approximate surface area is 126 Å². The molecule has 2 fully saturated rings. The van der Waals surface area contributed by atoms with E-state index in [2.05, 4.69) is 4.90 Å². The number of anilines is 1. The van der Waals surface area contributed by atoms with Crippen LogP contribution in [-0.4, -0.2) is 49.8 Å². The van der Waals surface area contributed by atoms with Crippen molar-refractivity contribution in [3.05, 3.63) is 24.3 Å². The molecule has 3 rings (SSSR count). The molecule has 2 N–H and O–H groups in total. The van der Waals surface area contributed by atoms with Crippen molar-refractivity contribution in [2.45, 2.75) is 36.6 Å². The van der Waals surface area contributed by atoms with Crippen LogP contribution in [0.5, 0.6) is 0 Å². The number of piperidine rings is 1. The normalized spacial score (nSPS) is 25.2. The number of sulfonamides is 1. The molecule has 21 heavy (non-hydrogen) atoms. The van der Waals surface area contributed by atoms with Gasteiger partial charge in [0, 0.05) is 19.1 Å². The first-order chi connectivity index (χ1) is 10.1. The second kappa shape index (κ2) is 5.94. The molecule has 0 aliphatic carbocycles. The number of nitrogens with two attached hydrogens (primary N) is 1. The highest BCUT2D eigenvalue weighted by atomic mass is 32.2. The van der Waals surface area contributed by atoms with Crippen LogP contribution < -0.4 is 5.73 Å². The largest absolute Gasteiger partial charge is 0.398 e. The van der Waals surface area contributed by atoms with Gasteiger partial charge in [0.25, 0.3) is 0 Å². The Morgan fingerprint density at radius 1 is 1.05 bits per heavy atom. The summed E-state index contributed by atoms with van der Waals surface area (Å²) in [5.41, 5.74) is 6.19. The quantitative estimate of drug-likeness (QED) is 0.860. The number of nitrogens with zero attached hydrogens (tertiary/aromatic N) is 2. The molecule has 2 aliphatic rings. The fourth-order valence-electron chi connectivity index (χ4n) is 3.40. The lowest BCUT2D eigenvalue weighted by molar-refractivity contribution is 0.162. The van der Waals surface area contributed by atoms with Crippen LogP contribution in [0.15, 0.2) is 29.2 Å². The molecule has 2 saturated heterocycles. The van der Waals surface area contributed by atoms with Gasteiger partial charge in [-0.25, -0.2) is 8.42 Å². The first-order valence-electron chi connectivity index (χ1n) is 7.68. The SMILES string of the molecule is Nc1ccccc1S(=O)(=O)N1CCCC(N2CCCC2)C1. The van der Waals surface area contributed by atoms with E-state index >= 15 is 0 Å². The minimum atomic E-state index is -3.47. The Hall–Kier alpha value is -1.11. The van der Waals surface area contributed by atoms with Crippen molar-refractivity contribution in [2.24, 2.45) is 0 Å². The van der Waals surface area contributed by atoms with Gasteiger partial charge in [0.2, 0.25) is 10.0 Å². The fraction of sp³-hybridized carbons (Fsp3) is 0.600. The third-order valence-electron chi connectivity index (χ3n) is 4.55. The van der Waals surface area contributed by atoms with Crippen molar-refractivity contribution >= 4 is 15.7 Å². The maximum absolute atomic E-state index is 12.8. The highest BCUT2D eigenvalue weighted by molar-refractivity contribution is 7.89. The Bertz CT molecular complexity index is 597. The van der Waals surface area contributed by atoms with Crippen molar-refractivity contribution < 1.29 is 8.42 Å². The Morgan fingerprint density at radius 2 is 1.76 bits per heavy atom. The number of hydrogen-bond acceptors (Lipinski definition) is 4. The molecule has 6 heteroatoms. The predicted molar refractivity (Wildman–Crippen MR) is 83.4 cm³/mol. The van der Waals surface area contributed by atoms with E-state index < -0.39 is 10.0 Å². The molecule has 2 heterocycles. The fourth-order valence-corrected chi connectivity index (χ4v) is 5.03. The standard InChI is InChI=1S/C15H23N3O2S/c16-14-7-1-2-8-15(14)21(19,20)18-11-5-6-13(12-18)17-9-3-4-10-17/h1-2,7-8,13H,3-6,9-12,16H2. The summed E-state index contributed by atoms with van der Waals surface area (Å²) < 4.78 is 27.2. The van der Waals surface area contributed by atoms with Crippen LogP contribution in [0.25, 0.3) is 0 Å². The topological polar surface area (TPSA) is 66.6 Å². The van der Waals surface area contributed by atoms with Gasteiger partial charge >= 0.3 is 0 Å². The molecule has 1 aromatic rings. The highest BCUT2D eigenvalue weighted by Gasteiger charge is 2.34. The number of hydrogen-bond donors (Lipinski definition) is 1. The van der Waals surface area contributed by atoms with Crippen LogP contribution in [0.4, 0.5) is 5.69 Å². The Kier molecular flexibility index (Phi) is 4.19. The van der Waals surface area contributed by atoms with Gasteiger partial charge in [-0.05, 0) is 50.9 Å². The molecule has 2 aliphatic heterocycles. The van der Waals surface area contributed by atoms with Gasteiger partial charge < -0.3 is 5.73 Å². The van der Waals surface area contributed by atoms with E-state index in [-0.39, 0.29) is 4.90 Å². The van der Waals surface area contributed by atoms with Gasteiger partial charge in [0.05, 0.1) is 5.69 Å². The summed E-state index contributed by atoms with van der Waals surface area (Å²) >= 11 is 0. The van der Waals surface area contributed by atoms with Crippen molar-refractivity contribution in [1.29, 1.82) is 0 Å². The molecular formula is C15H23N3O2S. The highest BCUT2D eigenvalue weighted by Crippen LogP contribution is 2.27.